The van der Waals surface area contributed by atoms with Gasteiger partial charge in [0.2, 0.25) is 5.91 Å². The summed E-state index contributed by atoms with van der Waals surface area (Å²) in [5, 5.41) is 0. The van der Waals surface area contributed by atoms with Crippen LogP contribution in [0, 0.1) is 0 Å². The van der Waals surface area contributed by atoms with Gasteiger partial charge in [-0.05, 0) is 26.9 Å². The molecule has 1 amide bonds. The average Bonchev–Trinajstić information content (AvgIpc) is 2.51. The summed E-state index contributed by atoms with van der Waals surface area (Å²) in [7, 11) is 4.09. The van der Waals surface area contributed by atoms with Crippen molar-refractivity contribution >= 4 is 5.91 Å². The number of carbonyl (C=O) groups excluding carboxylic acids is 1. The van der Waals surface area contributed by atoms with E-state index in [0.29, 0.717) is 19.0 Å². The molecule has 0 spiro atoms. The Bertz CT molecular complexity index is 194. The minimum absolute atomic E-state index is 0.219. The first kappa shape index (κ1) is 11.5. The van der Waals surface area contributed by atoms with Crippen LogP contribution in [0.25, 0.3) is 0 Å². The van der Waals surface area contributed by atoms with Crippen LogP contribution in [-0.2, 0) is 4.79 Å². The van der Waals surface area contributed by atoms with Crippen LogP contribution in [0.4, 0.5) is 0 Å². The topological polar surface area (TPSA) is 49.6 Å². The van der Waals surface area contributed by atoms with Crippen LogP contribution in [-0.4, -0.2) is 55.5 Å². The number of carbonyl (C=O) groups is 1. The summed E-state index contributed by atoms with van der Waals surface area (Å²) in [5.41, 5.74) is 5.39. The zero-order valence-corrected chi connectivity index (χ0v) is 9.20. The molecule has 0 radical (unpaired) electrons. The molecule has 0 saturated carbocycles. The Morgan fingerprint density at radius 1 is 1.57 bits per heavy atom. The van der Waals surface area contributed by atoms with Crippen LogP contribution in [0.5, 0.6) is 0 Å². The van der Waals surface area contributed by atoms with Crippen molar-refractivity contribution in [3.8, 4) is 0 Å². The number of likely N-dealkylation sites (tertiary alicyclic amines) is 1. The molecule has 1 aliphatic rings. The molecule has 1 saturated heterocycles. The highest BCUT2D eigenvalue weighted by Crippen LogP contribution is 2.18. The number of rotatable bonds is 4. The minimum Gasteiger partial charge on any atom is -0.338 e. The fraction of sp³-hybridized carbons (Fsp3) is 0.900. The Balaban J connectivity index is 2.46. The van der Waals surface area contributed by atoms with Crippen LogP contribution in [0.2, 0.25) is 0 Å². The third-order valence-corrected chi connectivity index (χ3v) is 2.63. The predicted molar refractivity (Wildman–Crippen MR) is 57.0 cm³/mol. The van der Waals surface area contributed by atoms with Crippen LogP contribution in [0.15, 0.2) is 0 Å². The number of amides is 1. The van der Waals surface area contributed by atoms with Gasteiger partial charge in [0.15, 0.2) is 0 Å². The molecule has 0 aliphatic carbocycles. The van der Waals surface area contributed by atoms with Crippen molar-refractivity contribution in [2.24, 2.45) is 5.73 Å². The summed E-state index contributed by atoms with van der Waals surface area (Å²) < 4.78 is 0. The third-order valence-electron chi connectivity index (χ3n) is 2.63. The molecule has 1 fully saturated rings. The van der Waals surface area contributed by atoms with Gasteiger partial charge in [0.05, 0.1) is 0 Å². The van der Waals surface area contributed by atoms with Gasteiger partial charge in [-0.15, -0.1) is 0 Å². The largest absolute Gasteiger partial charge is 0.338 e. The summed E-state index contributed by atoms with van der Waals surface area (Å²) in [5.74, 6) is 0.219. The van der Waals surface area contributed by atoms with E-state index < -0.39 is 0 Å². The molecule has 0 aromatic rings. The molecular weight excluding hydrogens is 178 g/mol. The van der Waals surface area contributed by atoms with Gasteiger partial charge >= 0.3 is 0 Å². The van der Waals surface area contributed by atoms with Gasteiger partial charge in [0.1, 0.15) is 0 Å². The molecule has 4 heteroatoms. The average molecular weight is 199 g/mol. The first-order chi connectivity index (χ1) is 6.65. The number of likely N-dealkylation sites (N-methyl/N-ethyl adjacent to an activating group) is 1. The molecule has 0 bridgehead atoms. The summed E-state index contributed by atoms with van der Waals surface area (Å²) in [4.78, 5) is 15.8. The van der Waals surface area contributed by atoms with Crippen LogP contribution in [0.1, 0.15) is 19.3 Å². The van der Waals surface area contributed by atoms with Crippen molar-refractivity contribution in [3.63, 3.8) is 0 Å². The van der Waals surface area contributed by atoms with E-state index in [9.17, 15) is 4.79 Å². The number of hydrogen-bond donors (Lipinski definition) is 1. The van der Waals surface area contributed by atoms with Gasteiger partial charge in [-0.3, -0.25) is 4.79 Å². The van der Waals surface area contributed by atoms with Crippen molar-refractivity contribution in [2.45, 2.75) is 25.3 Å². The Hall–Kier alpha value is -0.610. The third kappa shape index (κ3) is 2.96. The smallest absolute Gasteiger partial charge is 0.224 e. The van der Waals surface area contributed by atoms with Crippen molar-refractivity contribution in [1.29, 1.82) is 0 Å². The molecule has 1 rings (SSSR count). The first-order valence-electron chi connectivity index (χ1n) is 5.29. The van der Waals surface area contributed by atoms with E-state index in [4.69, 9.17) is 5.73 Å². The molecule has 14 heavy (non-hydrogen) atoms. The second-order valence-electron chi connectivity index (χ2n) is 4.18. The lowest BCUT2D eigenvalue weighted by atomic mass is 10.2. The normalized spacial score (nSPS) is 22.0. The zero-order chi connectivity index (χ0) is 10.6. The van der Waals surface area contributed by atoms with Crippen LogP contribution in [0.3, 0.4) is 0 Å². The Morgan fingerprint density at radius 2 is 2.29 bits per heavy atom. The molecule has 2 N–H and O–H groups in total. The van der Waals surface area contributed by atoms with E-state index in [-0.39, 0.29) is 5.91 Å². The second-order valence-corrected chi connectivity index (χ2v) is 4.18. The molecule has 0 aromatic heterocycles. The SMILES string of the molecule is CN(C)CC1CCCN1C(=O)CCN. The molecular formula is C10H21N3O. The number of hydrogen-bond acceptors (Lipinski definition) is 3. The predicted octanol–water partition coefficient (Wildman–Crippen LogP) is -0.112. The van der Waals surface area contributed by atoms with Gasteiger partial charge in [0, 0.05) is 32.1 Å². The van der Waals surface area contributed by atoms with Crippen molar-refractivity contribution in [1.82, 2.24) is 9.80 Å². The first-order valence-corrected chi connectivity index (χ1v) is 5.29. The lowest BCUT2D eigenvalue weighted by molar-refractivity contribution is -0.132. The molecule has 1 aliphatic heterocycles. The Labute approximate surface area is 86.0 Å². The number of nitrogens with zero attached hydrogens (tertiary/aromatic N) is 2. The lowest BCUT2D eigenvalue weighted by Gasteiger charge is -2.27. The quantitative estimate of drug-likeness (QED) is 0.687. The molecule has 4 nitrogen and oxygen atoms in total. The maximum absolute atomic E-state index is 11.7. The molecule has 0 aromatic carbocycles. The second kappa shape index (κ2) is 5.32. The molecule has 1 atom stereocenters. The van der Waals surface area contributed by atoms with E-state index >= 15 is 0 Å². The van der Waals surface area contributed by atoms with Crippen molar-refractivity contribution < 1.29 is 4.79 Å². The van der Waals surface area contributed by atoms with Crippen molar-refractivity contribution in [3.05, 3.63) is 0 Å². The molecule has 1 unspecified atom stereocenters. The molecule has 82 valence electrons. The maximum Gasteiger partial charge on any atom is 0.224 e. The van der Waals surface area contributed by atoms with E-state index in [1.54, 1.807) is 0 Å². The summed E-state index contributed by atoms with van der Waals surface area (Å²) in [6.45, 7) is 2.34. The highest BCUT2D eigenvalue weighted by atomic mass is 16.2. The van der Waals surface area contributed by atoms with Gasteiger partial charge < -0.3 is 15.5 Å². The van der Waals surface area contributed by atoms with Gasteiger partial charge in [-0.25, -0.2) is 0 Å². The fourth-order valence-electron chi connectivity index (χ4n) is 2.04. The van der Waals surface area contributed by atoms with Gasteiger partial charge in [-0.1, -0.05) is 0 Å². The van der Waals surface area contributed by atoms with Gasteiger partial charge in [-0.2, -0.15) is 0 Å². The Kier molecular flexibility index (Phi) is 4.35. The fourth-order valence-corrected chi connectivity index (χ4v) is 2.04. The van der Waals surface area contributed by atoms with E-state index in [1.807, 2.05) is 19.0 Å². The maximum atomic E-state index is 11.7. The van der Waals surface area contributed by atoms with E-state index in [1.165, 1.54) is 0 Å². The lowest BCUT2D eigenvalue weighted by Crippen LogP contribution is -2.41. The monoisotopic (exact) mass is 199 g/mol. The molecule has 1 heterocycles. The summed E-state index contributed by atoms with van der Waals surface area (Å²) in [6.07, 6.45) is 2.76. The highest BCUT2D eigenvalue weighted by molar-refractivity contribution is 5.77. The Morgan fingerprint density at radius 3 is 2.86 bits per heavy atom. The minimum atomic E-state index is 0.219. The highest BCUT2D eigenvalue weighted by Gasteiger charge is 2.27. The zero-order valence-electron chi connectivity index (χ0n) is 9.20. The van der Waals surface area contributed by atoms with Crippen LogP contribution >= 0.6 is 0 Å². The van der Waals surface area contributed by atoms with Crippen LogP contribution < -0.4 is 5.73 Å². The van der Waals surface area contributed by atoms with E-state index in [0.717, 1.165) is 25.9 Å². The van der Waals surface area contributed by atoms with E-state index in [2.05, 4.69) is 4.90 Å². The van der Waals surface area contributed by atoms with Gasteiger partial charge in [0.25, 0.3) is 0 Å². The summed E-state index contributed by atoms with van der Waals surface area (Å²) in [6, 6.07) is 0.407. The standard InChI is InChI=1S/C10H21N3O/c1-12(2)8-9-4-3-7-13(9)10(14)5-6-11/h9H,3-8,11H2,1-2H3. The number of nitrogens with two attached hydrogens (primary N) is 1. The van der Waals surface area contributed by atoms with Crippen molar-refractivity contribution in [2.75, 3.05) is 33.7 Å². The summed E-state index contributed by atoms with van der Waals surface area (Å²) >= 11 is 0.